The van der Waals surface area contributed by atoms with Gasteiger partial charge in [0.15, 0.2) is 5.82 Å². The van der Waals surface area contributed by atoms with Crippen LogP contribution in [-0.4, -0.2) is 23.1 Å². The van der Waals surface area contributed by atoms with E-state index in [0.29, 0.717) is 5.82 Å². The second-order valence-corrected chi connectivity index (χ2v) is 4.24. The minimum atomic E-state index is 0.182. The van der Waals surface area contributed by atoms with Gasteiger partial charge in [-0.25, -0.2) is 9.97 Å². The first-order valence-corrected chi connectivity index (χ1v) is 5.96. The van der Waals surface area contributed by atoms with Crippen LogP contribution in [0.5, 0.6) is 5.75 Å². The van der Waals surface area contributed by atoms with Gasteiger partial charge in [0.2, 0.25) is 0 Å². The van der Waals surface area contributed by atoms with Crippen LogP contribution < -0.4 is 10.1 Å². The van der Waals surface area contributed by atoms with E-state index in [1.807, 2.05) is 45.2 Å². The molecule has 0 atom stereocenters. The molecule has 0 aliphatic rings. The Kier molecular flexibility index (Phi) is 3.77. The zero-order chi connectivity index (χ0) is 13.0. The van der Waals surface area contributed by atoms with Crippen LogP contribution >= 0.6 is 0 Å². The van der Waals surface area contributed by atoms with E-state index in [1.165, 1.54) is 0 Å². The van der Waals surface area contributed by atoms with Gasteiger partial charge in [-0.15, -0.1) is 0 Å². The van der Waals surface area contributed by atoms with E-state index in [0.717, 1.165) is 17.0 Å². The summed E-state index contributed by atoms with van der Waals surface area (Å²) < 4.78 is 5.59. The highest BCUT2D eigenvalue weighted by Gasteiger charge is 2.02. The molecule has 1 N–H and O–H groups in total. The summed E-state index contributed by atoms with van der Waals surface area (Å²) in [5.41, 5.74) is 1.88. The van der Waals surface area contributed by atoms with Gasteiger partial charge in [0.25, 0.3) is 0 Å². The molecule has 2 aromatic rings. The molecule has 2 rings (SSSR count). The first-order chi connectivity index (χ1) is 8.69. The lowest BCUT2D eigenvalue weighted by Crippen LogP contribution is -2.05. The number of aromatic nitrogens is 2. The molecule has 18 heavy (non-hydrogen) atoms. The number of rotatable bonds is 4. The number of nitrogens with one attached hydrogen (secondary N) is 1. The molecule has 0 amide bonds. The first kappa shape index (κ1) is 12.4. The predicted molar refractivity (Wildman–Crippen MR) is 72.8 cm³/mol. The minimum absolute atomic E-state index is 0.182. The van der Waals surface area contributed by atoms with Gasteiger partial charge in [0.1, 0.15) is 5.75 Å². The molecule has 0 bridgehead atoms. The lowest BCUT2D eigenvalue weighted by Gasteiger charge is -2.09. The van der Waals surface area contributed by atoms with Crippen molar-refractivity contribution in [2.45, 2.75) is 20.0 Å². The van der Waals surface area contributed by atoms with Gasteiger partial charge in [-0.3, -0.25) is 0 Å². The molecule has 1 heterocycles. The standard InChI is InChI=1S/C14H17N3O/c1-10(2)18-13-6-4-11(5-7-13)14-16-8-12(15-3)9-17-14/h4-10,15H,1-3H3. The van der Waals surface area contributed by atoms with Crippen LogP contribution in [0.3, 0.4) is 0 Å². The molecule has 0 unspecified atom stereocenters. The molecule has 0 aliphatic heterocycles. The van der Waals surface area contributed by atoms with Gasteiger partial charge in [-0.1, -0.05) is 0 Å². The van der Waals surface area contributed by atoms with E-state index >= 15 is 0 Å². The van der Waals surface area contributed by atoms with Gasteiger partial charge in [-0.05, 0) is 38.1 Å². The summed E-state index contributed by atoms with van der Waals surface area (Å²) in [6.45, 7) is 4.01. The number of ether oxygens (including phenoxy) is 1. The Bertz CT molecular complexity index is 491. The van der Waals surface area contributed by atoms with Crippen molar-refractivity contribution >= 4 is 5.69 Å². The van der Waals surface area contributed by atoms with Crippen LogP contribution in [0.2, 0.25) is 0 Å². The summed E-state index contributed by atoms with van der Waals surface area (Å²) in [6, 6.07) is 7.80. The van der Waals surface area contributed by atoms with Gasteiger partial charge >= 0.3 is 0 Å². The summed E-state index contributed by atoms with van der Waals surface area (Å²) in [4.78, 5) is 8.59. The fourth-order valence-electron chi connectivity index (χ4n) is 1.56. The minimum Gasteiger partial charge on any atom is -0.491 e. The Labute approximate surface area is 107 Å². The highest BCUT2D eigenvalue weighted by molar-refractivity contribution is 5.57. The highest BCUT2D eigenvalue weighted by Crippen LogP contribution is 2.20. The summed E-state index contributed by atoms with van der Waals surface area (Å²) >= 11 is 0. The summed E-state index contributed by atoms with van der Waals surface area (Å²) in [5, 5.41) is 2.99. The maximum atomic E-state index is 5.59. The van der Waals surface area contributed by atoms with Crippen molar-refractivity contribution in [3.05, 3.63) is 36.7 Å². The zero-order valence-corrected chi connectivity index (χ0v) is 10.8. The van der Waals surface area contributed by atoms with Crippen molar-refractivity contribution in [1.82, 2.24) is 9.97 Å². The molecule has 0 radical (unpaired) electrons. The van der Waals surface area contributed by atoms with Crippen molar-refractivity contribution in [2.75, 3.05) is 12.4 Å². The van der Waals surface area contributed by atoms with Crippen LogP contribution in [-0.2, 0) is 0 Å². The largest absolute Gasteiger partial charge is 0.491 e. The summed E-state index contributed by atoms with van der Waals surface area (Å²) in [5.74, 6) is 1.57. The molecule has 0 aliphatic carbocycles. The van der Waals surface area contributed by atoms with Gasteiger partial charge in [0.05, 0.1) is 24.2 Å². The molecule has 94 valence electrons. The summed E-state index contributed by atoms with van der Waals surface area (Å²) in [7, 11) is 1.84. The van der Waals surface area contributed by atoms with Gasteiger partial charge in [-0.2, -0.15) is 0 Å². The second kappa shape index (κ2) is 5.49. The van der Waals surface area contributed by atoms with E-state index in [2.05, 4.69) is 15.3 Å². The maximum absolute atomic E-state index is 5.59. The van der Waals surface area contributed by atoms with E-state index in [-0.39, 0.29) is 6.10 Å². The Balaban J connectivity index is 2.17. The molecular weight excluding hydrogens is 226 g/mol. The molecule has 4 heteroatoms. The van der Waals surface area contributed by atoms with E-state index < -0.39 is 0 Å². The van der Waals surface area contributed by atoms with Crippen LogP contribution in [0.25, 0.3) is 11.4 Å². The van der Waals surface area contributed by atoms with Crippen LogP contribution in [0.15, 0.2) is 36.7 Å². The van der Waals surface area contributed by atoms with Crippen molar-refractivity contribution < 1.29 is 4.74 Å². The molecular formula is C14H17N3O. The highest BCUT2D eigenvalue weighted by atomic mass is 16.5. The molecule has 0 saturated heterocycles. The number of benzene rings is 1. The Hall–Kier alpha value is -2.10. The topological polar surface area (TPSA) is 47.0 Å². The predicted octanol–water partition coefficient (Wildman–Crippen LogP) is 2.97. The Morgan fingerprint density at radius 1 is 1.06 bits per heavy atom. The molecule has 4 nitrogen and oxygen atoms in total. The van der Waals surface area contributed by atoms with Crippen LogP contribution in [0.4, 0.5) is 5.69 Å². The fourth-order valence-corrected chi connectivity index (χ4v) is 1.56. The van der Waals surface area contributed by atoms with Crippen LogP contribution in [0, 0.1) is 0 Å². The van der Waals surface area contributed by atoms with Crippen molar-refractivity contribution in [1.29, 1.82) is 0 Å². The third-order valence-corrected chi connectivity index (χ3v) is 2.42. The monoisotopic (exact) mass is 243 g/mol. The molecule has 0 saturated carbocycles. The van der Waals surface area contributed by atoms with E-state index in [4.69, 9.17) is 4.74 Å². The maximum Gasteiger partial charge on any atom is 0.159 e. The average Bonchev–Trinajstić information content (AvgIpc) is 2.39. The quantitative estimate of drug-likeness (QED) is 0.896. The molecule has 0 spiro atoms. The number of nitrogens with zero attached hydrogens (tertiary/aromatic N) is 2. The number of hydrogen-bond acceptors (Lipinski definition) is 4. The smallest absolute Gasteiger partial charge is 0.159 e. The lowest BCUT2D eigenvalue weighted by molar-refractivity contribution is 0.242. The average molecular weight is 243 g/mol. The van der Waals surface area contributed by atoms with Crippen LogP contribution in [0.1, 0.15) is 13.8 Å². The fraction of sp³-hybridized carbons (Fsp3) is 0.286. The zero-order valence-electron chi connectivity index (χ0n) is 10.8. The second-order valence-electron chi connectivity index (χ2n) is 4.24. The van der Waals surface area contributed by atoms with Gasteiger partial charge in [0, 0.05) is 12.6 Å². The Morgan fingerprint density at radius 2 is 1.67 bits per heavy atom. The normalized spacial score (nSPS) is 10.4. The van der Waals surface area contributed by atoms with Gasteiger partial charge < -0.3 is 10.1 Å². The van der Waals surface area contributed by atoms with Crippen molar-refractivity contribution in [3.63, 3.8) is 0 Å². The van der Waals surface area contributed by atoms with Crippen molar-refractivity contribution in [3.8, 4) is 17.1 Å². The third-order valence-electron chi connectivity index (χ3n) is 2.42. The Morgan fingerprint density at radius 3 is 2.17 bits per heavy atom. The number of hydrogen-bond donors (Lipinski definition) is 1. The molecule has 1 aromatic heterocycles. The summed E-state index contributed by atoms with van der Waals surface area (Å²) in [6.07, 6.45) is 3.71. The lowest BCUT2D eigenvalue weighted by atomic mass is 10.2. The first-order valence-electron chi connectivity index (χ1n) is 5.96. The van der Waals surface area contributed by atoms with Crippen molar-refractivity contribution in [2.24, 2.45) is 0 Å². The number of anilines is 1. The van der Waals surface area contributed by atoms with E-state index in [1.54, 1.807) is 12.4 Å². The van der Waals surface area contributed by atoms with E-state index in [9.17, 15) is 0 Å². The SMILES string of the molecule is CNc1cnc(-c2ccc(OC(C)C)cc2)nc1. The molecule has 0 fully saturated rings. The molecule has 1 aromatic carbocycles. The third kappa shape index (κ3) is 2.97.